The third kappa shape index (κ3) is 10.9. The second-order valence-corrected chi connectivity index (χ2v) is 12.4. The molecule has 2 unspecified atom stereocenters. The zero-order valence-electron chi connectivity index (χ0n) is 26.2. The molecule has 0 aliphatic rings. The average molecular weight is 544 g/mol. The lowest BCUT2D eigenvalue weighted by Crippen LogP contribution is -2.38. The van der Waals surface area contributed by atoms with E-state index in [2.05, 4.69) is 109 Å². The SMILES string of the molecule is CCCCCCCCCCCCCCCCC(n1cc[n+](CCC)c1)C(C)(Cc1ccccc1)c1ccccc1. The normalized spacial score (nSPS) is 13.8. The van der Waals surface area contributed by atoms with Gasteiger partial charge in [0.1, 0.15) is 18.4 Å². The number of unbranched alkanes of at least 4 members (excludes halogenated alkanes) is 13. The molecule has 0 fully saturated rings. The van der Waals surface area contributed by atoms with Crippen molar-refractivity contribution < 1.29 is 4.57 Å². The predicted octanol–water partition coefficient (Wildman–Crippen LogP) is 10.8. The number of hydrogen-bond acceptors (Lipinski definition) is 0. The first kappa shape index (κ1) is 32.2. The highest BCUT2D eigenvalue weighted by molar-refractivity contribution is 5.30. The fraction of sp³-hybridized carbons (Fsp3) is 0.605. The molecule has 0 amide bonds. The Labute approximate surface area is 247 Å². The van der Waals surface area contributed by atoms with Gasteiger partial charge in [0.15, 0.2) is 0 Å². The van der Waals surface area contributed by atoms with Gasteiger partial charge in [0.05, 0.1) is 6.54 Å². The molecule has 3 rings (SSSR count). The molecule has 0 bridgehead atoms. The van der Waals surface area contributed by atoms with E-state index in [0.717, 1.165) is 19.4 Å². The topological polar surface area (TPSA) is 8.81 Å². The highest BCUT2D eigenvalue weighted by Crippen LogP contribution is 2.41. The Morgan fingerprint density at radius 2 is 1.18 bits per heavy atom. The van der Waals surface area contributed by atoms with Crippen LogP contribution in [0.15, 0.2) is 79.4 Å². The van der Waals surface area contributed by atoms with Crippen LogP contribution in [0, 0.1) is 0 Å². The Morgan fingerprint density at radius 3 is 1.73 bits per heavy atom. The molecule has 3 aromatic rings. The fourth-order valence-electron chi connectivity index (χ4n) is 6.57. The van der Waals surface area contributed by atoms with Crippen LogP contribution in [-0.2, 0) is 18.4 Å². The Morgan fingerprint density at radius 1 is 0.650 bits per heavy atom. The van der Waals surface area contributed by atoms with Gasteiger partial charge in [-0.25, -0.2) is 9.13 Å². The van der Waals surface area contributed by atoms with Crippen molar-refractivity contribution in [1.29, 1.82) is 0 Å². The minimum atomic E-state index is 0.0161. The summed E-state index contributed by atoms with van der Waals surface area (Å²) in [4.78, 5) is 0. The predicted molar refractivity (Wildman–Crippen MR) is 173 cm³/mol. The largest absolute Gasteiger partial charge is 0.244 e. The summed E-state index contributed by atoms with van der Waals surface area (Å²) < 4.78 is 4.90. The van der Waals surface area contributed by atoms with Crippen LogP contribution in [0.5, 0.6) is 0 Å². The van der Waals surface area contributed by atoms with Crippen molar-refractivity contribution in [3.05, 3.63) is 90.5 Å². The van der Waals surface area contributed by atoms with E-state index in [4.69, 9.17) is 0 Å². The number of aryl methyl sites for hydroxylation is 1. The van der Waals surface area contributed by atoms with Crippen LogP contribution < -0.4 is 4.57 Å². The summed E-state index contributed by atoms with van der Waals surface area (Å²) in [5, 5.41) is 0. The van der Waals surface area contributed by atoms with Crippen molar-refractivity contribution in [1.82, 2.24) is 4.57 Å². The lowest BCUT2D eigenvalue weighted by molar-refractivity contribution is -0.696. The Bertz CT molecular complexity index is 1010. The highest BCUT2D eigenvalue weighted by Gasteiger charge is 2.40. The third-order valence-electron chi connectivity index (χ3n) is 8.97. The standard InChI is InChI=1S/C38H59N2/c1-4-6-7-8-9-10-11-12-13-14-15-16-17-24-29-37(40-32-31-39(34-40)30-5-2)38(3,36-27-22-19-23-28-36)33-35-25-20-18-21-26-35/h18-23,25-28,31-32,34,37H,4-17,24,29-30,33H2,1-3H3/q+1. The van der Waals surface area contributed by atoms with Gasteiger partial charge in [0, 0.05) is 5.41 Å². The van der Waals surface area contributed by atoms with Crippen molar-refractivity contribution in [2.45, 2.75) is 148 Å². The van der Waals surface area contributed by atoms with Gasteiger partial charge >= 0.3 is 0 Å². The van der Waals surface area contributed by atoms with E-state index in [-0.39, 0.29) is 5.41 Å². The molecule has 0 N–H and O–H groups in total. The highest BCUT2D eigenvalue weighted by atomic mass is 15.1. The minimum Gasteiger partial charge on any atom is -0.237 e. The van der Waals surface area contributed by atoms with E-state index in [0.29, 0.717) is 6.04 Å². The van der Waals surface area contributed by atoms with Crippen LogP contribution in [0.1, 0.15) is 141 Å². The Balaban J connectivity index is 1.55. The molecule has 0 spiro atoms. The fourth-order valence-corrected chi connectivity index (χ4v) is 6.57. The van der Waals surface area contributed by atoms with Gasteiger partial charge in [-0.2, -0.15) is 0 Å². The maximum absolute atomic E-state index is 2.54. The van der Waals surface area contributed by atoms with Gasteiger partial charge in [0.2, 0.25) is 6.33 Å². The molecule has 2 nitrogen and oxygen atoms in total. The number of nitrogens with zero attached hydrogens (tertiary/aromatic N) is 2. The molecule has 0 aliphatic heterocycles. The third-order valence-corrected chi connectivity index (χ3v) is 8.97. The van der Waals surface area contributed by atoms with Crippen molar-refractivity contribution in [2.24, 2.45) is 0 Å². The summed E-state index contributed by atoms with van der Waals surface area (Å²) in [7, 11) is 0. The number of hydrogen-bond donors (Lipinski definition) is 0. The Kier molecular flexibility index (Phi) is 15.2. The van der Waals surface area contributed by atoms with Crippen LogP contribution in [0.3, 0.4) is 0 Å². The second kappa shape index (κ2) is 18.9. The summed E-state index contributed by atoms with van der Waals surface area (Å²) in [5.74, 6) is 0. The van der Waals surface area contributed by atoms with Crippen molar-refractivity contribution in [3.63, 3.8) is 0 Å². The first-order valence-electron chi connectivity index (χ1n) is 16.8. The molecule has 0 saturated carbocycles. The lowest BCUT2D eigenvalue weighted by atomic mass is 9.70. The van der Waals surface area contributed by atoms with E-state index in [1.807, 2.05) is 0 Å². The van der Waals surface area contributed by atoms with Crippen LogP contribution in [0.4, 0.5) is 0 Å². The number of aromatic nitrogens is 2. The summed E-state index contributed by atoms with van der Waals surface area (Å²) in [6, 6.07) is 22.8. The molecule has 1 aromatic heterocycles. The lowest BCUT2D eigenvalue weighted by Gasteiger charge is -2.37. The van der Waals surface area contributed by atoms with Gasteiger partial charge in [-0.05, 0) is 36.8 Å². The summed E-state index contributed by atoms with van der Waals surface area (Å²) in [6.45, 7) is 8.16. The first-order chi connectivity index (χ1) is 19.7. The van der Waals surface area contributed by atoms with Gasteiger partial charge in [-0.15, -0.1) is 0 Å². The molecular formula is C38H59N2+. The van der Waals surface area contributed by atoms with E-state index in [9.17, 15) is 0 Å². The molecule has 2 heteroatoms. The van der Waals surface area contributed by atoms with Crippen molar-refractivity contribution >= 4 is 0 Å². The smallest absolute Gasteiger partial charge is 0.237 e. The maximum atomic E-state index is 2.54. The van der Waals surface area contributed by atoms with Crippen LogP contribution in [-0.4, -0.2) is 4.57 Å². The van der Waals surface area contributed by atoms with Crippen molar-refractivity contribution in [2.75, 3.05) is 0 Å². The number of rotatable bonds is 22. The molecule has 0 aliphatic carbocycles. The van der Waals surface area contributed by atoms with E-state index < -0.39 is 0 Å². The molecule has 1 heterocycles. The molecular weight excluding hydrogens is 484 g/mol. The van der Waals surface area contributed by atoms with Gasteiger partial charge in [-0.1, -0.05) is 165 Å². The first-order valence-corrected chi connectivity index (χ1v) is 16.8. The van der Waals surface area contributed by atoms with Crippen LogP contribution in [0.2, 0.25) is 0 Å². The maximum Gasteiger partial charge on any atom is 0.244 e. The van der Waals surface area contributed by atoms with Gasteiger partial charge < -0.3 is 0 Å². The van der Waals surface area contributed by atoms with Crippen molar-refractivity contribution in [3.8, 4) is 0 Å². The summed E-state index contributed by atoms with van der Waals surface area (Å²) >= 11 is 0. The second-order valence-electron chi connectivity index (χ2n) is 12.4. The quantitative estimate of drug-likeness (QED) is 0.0880. The molecule has 2 atom stereocenters. The zero-order valence-corrected chi connectivity index (χ0v) is 26.2. The molecule has 2 aromatic carbocycles. The summed E-state index contributed by atoms with van der Waals surface area (Å²) in [6.07, 6.45) is 30.1. The number of benzene rings is 2. The zero-order chi connectivity index (χ0) is 28.3. The van der Waals surface area contributed by atoms with E-state index in [1.54, 1.807) is 0 Å². The monoisotopic (exact) mass is 543 g/mol. The average Bonchev–Trinajstić information content (AvgIpc) is 3.44. The minimum absolute atomic E-state index is 0.0161. The molecule has 220 valence electrons. The molecule has 0 saturated heterocycles. The molecule has 0 radical (unpaired) electrons. The number of imidazole rings is 1. The summed E-state index contributed by atoms with van der Waals surface area (Å²) in [5.41, 5.74) is 2.89. The van der Waals surface area contributed by atoms with Crippen LogP contribution in [0.25, 0.3) is 0 Å². The van der Waals surface area contributed by atoms with E-state index >= 15 is 0 Å². The van der Waals surface area contributed by atoms with Gasteiger partial charge in [-0.3, -0.25) is 0 Å². The van der Waals surface area contributed by atoms with E-state index in [1.165, 1.54) is 107 Å². The molecule has 40 heavy (non-hydrogen) atoms. The van der Waals surface area contributed by atoms with Gasteiger partial charge in [0.25, 0.3) is 0 Å². The Hall–Kier alpha value is -2.35. The van der Waals surface area contributed by atoms with Crippen LogP contribution >= 0.6 is 0 Å².